The molecule has 0 saturated heterocycles. The molecule has 2 N–H and O–H groups in total. The van der Waals surface area contributed by atoms with Gasteiger partial charge in [-0.15, -0.1) is 11.8 Å². The van der Waals surface area contributed by atoms with Crippen LogP contribution in [-0.2, 0) is 11.2 Å². The fourth-order valence-corrected chi connectivity index (χ4v) is 4.74. The van der Waals surface area contributed by atoms with Gasteiger partial charge in [-0.1, -0.05) is 77.8 Å². The maximum Gasteiger partial charge on any atom is 0.0697 e. The Hall–Kier alpha value is -1.45. The van der Waals surface area contributed by atoms with E-state index in [1.54, 1.807) is 0 Å². The molecule has 3 aromatic rings. The molecule has 0 bridgehead atoms. The van der Waals surface area contributed by atoms with Crippen LogP contribution >= 0.6 is 35.0 Å². The van der Waals surface area contributed by atoms with Crippen LogP contribution in [0.2, 0.25) is 10.0 Å². The maximum absolute atomic E-state index is 6.15. The highest BCUT2D eigenvalue weighted by atomic mass is 35.5. The van der Waals surface area contributed by atoms with E-state index in [0.717, 1.165) is 22.2 Å². The van der Waals surface area contributed by atoms with Gasteiger partial charge in [-0.05, 0) is 47.4 Å². The Morgan fingerprint density at radius 2 is 1.23 bits per heavy atom. The van der Waals surface area contributed by atoms with E-state index in [4.69, 9.17) is 28.9 Å². The van der Waals surface area contributed by atoms with E-state index in [2.05, 4.69) is 48.5 Å². The molecule has 0 aliphatic rings. The molecule has 0 heterocycles. The molecule has 0 saturated carbocycles. The van der Waals surface area contributed by atoms with Gasteiger partial charge in [0.1, 0.15) is 0 Å². The lowest BCUT2D eigenvalue weighted by atomic mass is 9.85. The molecule has 0 spiro atoms. The zero-order valence-electron chi connectivity index (χ0n) is 14.4. The molecule has 0 aromatic heterocycles. The van der Waals surface area contributed by atoms with E-state index >= 15 is 0 Å². The lowest BCUT2D eigenvalue weighted by molar-refractivity contribution is 0.734. The summed E-state index contributed by atoms with van der Waals surface area (Å²) in [5, 5.41) is 1.48. The third-order valence-corrected chi connectivity index (χ3v) is 6.44. The lowest BCUT2D eigenvalue weighted by Gasteiger charge is -2.35. The van der Waals surface area contributed by atoms with E-state index in [-0.39, 0.29) is 4.75 Å². The summed E-state index contributed by atoms with van der Waals surface area (Å²) in [6.07, 6.45) is 0.863. The Labute approximate surface area is 169 Å². The zero-order valence-corrected chi connectivity index (χ0v) is 16.7. The second-order valence-corrected chi connectivity index (χ2v) is 8.41. The summed E-state index contributed by atoms with van der Waals surface area (Å²) in [6, 6.07) is 26.8. The van der Waals surface area contributed by atoms with Crippen LogP contribution in [0.1, 0.15) is 16.7 Å². The largest absolute Gasteiger partial charge is 0.330 e. The highest BCUT2D eigenvalue weighted by Gasteiger charge is 2.35. The summed E-state index contributed by atoms with van der Waals surface area (Å²) in [5.41, 5.74) is 9.58. The van der Waals surface area contributed by atoms with E-state index < -0.39 is 0 Å². The average Bonchev–Trinajstić information content (AvgIpc) is 2.67. The summed E-state index contributed by atoms with van der Waals surface area (Å²) in [5.74, 6) is 0.859. The van der Waals surface area contributed by atoms with Gasteiger partial charge >= 0.3 is 0 Å². The van der Waals surface area contributed by atoms with E-state index in [1.807, 2.05) is 42.1 Å². The van der Waals surface area contributed by atoms with Gasteiger partial charge in [-0.3, -0.25) is 0 Å². The van der Waals surface area contributed by atoms with Gasteiger partial charge in [0, 0.05) is 22.3 Å². The Balaban J connectivity index is 2.15. The predicted octanol–water partition coefficient (Wildman–Crippen LogP) is 6.17. The van der Waals surface area contributed by atoms with Gasteiger partial charge in [0.2, 0.25) is 0 Å². The first-order valence-corrected chi connectivity index (χ1v) is 10.3. The van der Waals surface area contributed by atoms with Gasteiger partial charge in [-0.25, -0.2) is 0 Å². The number of hydrogen-bond donors (Lipinski definition) is 1. The summed E-state index contributed by atoms with van der Waals surface area (Å²) >= 11 is 14.2. The first-order chi connectivity index (χ1) is 12.6. The van der Waals surface area contributed by atoms with Crippen LogP contribution in [0.15, 0.2) is 78.9 Å². The number of thioether (sulfide) groups is 1. The van der Waals surface area contributed by atoms with Crippen molar-refractivity contribution in [2.45, 2.75) is 11.2 Å². The minimum absolute atomic E-state index is 0.254. The van der Waals surface area contributed by atoms with Crippen LogP contribution in [-0.4, -0.2) is 12.3 Å². The molecule has 0 fully saturated rings. The minimum atomic E-state index is -0.254. The van der Waals surface area contributed by atoms with Crippen LogP contribution < -0.4 is 5.73 Å². The Bertz CT molecular complexity index is 772. The van der Waals surface area contributed by atoms with Crippen molar-refractivity contribution in [1.82, 2.24) is 0 Å². The fourth-order valence-electron chi connectivity index (χ4n) is 3.14. The number of benzene rings is 3. The monoisotopic (exact) mass is 401 g/mol. The van der Waals surface area contributed by atoms with Crippen molar-refractivity contribution in [2.24, 2.45) is 5.73 Å². The zero-order chi connectivity index (χ0) is 18.4. The van der Waals surface area contributed by atoms with Gasteiger partial charge in [0.15, 0.2) is 0 Å². The third kappa shape index (κ3) is 4.44. The van der Waals surface area contributed by atoms with Crippen LogP contribution in [0.4, 0.5) is 0 Å². The number of nitrogens with two attached hydrogens (primary N) is 1. The molecule has 3 rings (SSSR count). The normalized spacial score (nSPS) is 11.5. The molecular formula is C22H21Cl2NS. The fraction of sp³-hybridized carbons (Fsp3) is 0.182. The smallest absolute Gasteiger partial charge is 0.0697 e. The van der Waals surface area contributed by atoms with Crippen molar-refractivity contribution in [3.63, 3.8) is 0 Å². The van der Waals surface area contributed by atoms with Crippen LogP contribution in [0.25, 0.3) is 0 Å². The SMILES string of the molecule is NCCSC(Cc1ccccc1)(c1ccc(Cl)cc1)c1ccc(Cl)cc1. The molecule has 0 unspecified atom stereocenters. The Morgan fingerprint density at radius 1 is 0.731 bits per heavy atom. The van der Waals surface area contributed by atoms with E-state index in [0.29, 0.717) is 6.54 Å². The van der Waals surface area contributed by atoms with E-state index in [9.17, 15) is 0 Å². The van der Waals surface area contributed by atoms with Crippen molar-refractivity contribution < 1.29 is 0 Å². The minimum Gasteiger partial charge on any atom is -0.330 e. The first-order valence-electron chi connectivity index (χ1n) is 8.54. The molecule has 26 heavy (non-hydrogen) atoms. The Morgan fingerprint density at radius 3 is 1.69 bits per heavy atom. The second-order valence-electron chi connectivity index (χ2n) is 6.14. The molecule has 4 heteroatoms. The topological polar surface area (TPSA) is 26.0 Å². The van der Waals surface area contributed by atoms with Gasteiger partial charge in [0.05, 0.1) is 4.75 Å². The number of hydrogen-bond acceptors (Lipinski definition) is 2. The molecule has 0 amide bonds. The summed E-state index contributed by atoms with van der Waals surface area (Å²) in [4.78, 5) is 0. The number of rotatable bonds is 7. The highest BCUT2D eigenvalue weighted by molar-refractivity contribution is 8.00. The number of halogens is 2. The quantitative estimate of drug-likeness (QED) is 0.511. The molecule has 0 atom stereocenters. The van der Waals surface area contributed by atoms with Crippen LogP contribution in [0.5, 0.6) is 0 Å². The van der Waals surface area contributed by atoms with Gasteiger partial charge < -0.3 is 5.73 Å². The van der Waals surface area contributed by atoms with Crippen LogP contribution in [0.3, 0.4) is 0 Å². The standard InChI is InChI=1S/C22H21Cl2NS/c23-20-10-6-18(7-11-20)22(26-15-14-25,16-17-4-2-1-3-5-17)19-8-12-21(24)13-9-19/h1-13H,14-16,25H2. The third-order valence-electron chi connectivity index (χ3n) is 4.38. The molecule has 0 aliphatic carbocycles. The van der Waals surface area contributed by atoms with Crippen molar-refractivity contribution in [1.29, 1.82) is 0 Å². The average molecular weight is 402 g/mol. The maximum atomic E-state index is 6.15. The summed E-state index contributed by atoms with van der Waals surface area (Å²) < 4.78 is -0.254. The first kappa shape index (κ1) is 19.3. The molecule has 1 nitrogen and oxygen atoms in total. The van der Waals surface area contributed by atoms with Crippen molar-refractivity contribution >= 4 is 35.0 Å². The molecular weight excluding hydrogens is 381 g/mol. The molecule has 134 valence electrons. The van der Waals surface area contributed by atoms with Gasteiger partial charge in [0.25, 0.3) is 0 Å². The second kappa shape index (κ2) is 8.96. The summed E-state index contributed by atoms with van der Waals surface area (Å²) in [7, 11) is 0. The molecule has 3 aromatic carbocycles. The predicted molar refractivity (Wildman–Crippen MR) is 115 cm³/mol. The van der Waals surface area contributed by atoms with Crippen molar-refractivity contribution in [2.75, 3.05) is 12.3 Å². The van der Waals surface area contributed by atoms with Gasteiger partial charge in [-0.2, -0.15) is 0 Å². The summed E-state index contributed by atoms with van der Waals surface area (Å²) in [6.45, 7) is 0.627. The van der Waals surface area contributed by atoms with Crippen molar-refractivity contribution in [3.05, 3.63) is 106 Å². The van der Waals surface area contributed by atoms with Crippen molar-refractivity contribution in [3.8, 4) is 0 Å². The van der Waals surface area contributed by atoms with E-state index in [1.165, 1.54) is 16.7 Å². The lowest BCUT2D eigenvalue weighted by Crippen LogP contribution is -2.28. The van der Waals surface area contributed by atoms with Crippen LogP contribution in [0, 0.1) is 0 Å². The molecule has 0 aliphatic heterocycles. The Kier molecular flexibility index (Phi) is 6.66. The highest BCUT2D eigenvalue weighted by Crippen LogP contribution is 2.46. The molecule has 0 radical (unpaired) electrons.